The average Bonchev–Trinajstić information content (AvgIpc) is 3.10. The van der Waals surface area contributed by atoms with E-state index in [2.05, 4.69) is 37.0 Å². The van der Waals surface area contributed by atoms with Crippen LogP contribution in [0.15, 0.2) is 54.6 Å². The predicted octanol–water partition coefficient (Wildman–Crippen LogP) is 3.59. The van der Waals surface area contributed by atoms with Crippen molar-refractivity contribution < 1.29 is 4.79 Å². The van der Waals surface area contributed by atoms with Gasteiger partial charge in [0.15, 0.2) is 5.82 Å². The Bertz CT molecular complexity index is 846. The normalized spacial score (nSPS) is 10.7. The Balaban J connectivity index is 1.51. The van der Waals surface area contributed by atoms with Gasteiger partial charge in [0.25, 0.3) is 0 Å². The van der Waals surface area contributed by atoms with Gasteiger partial charge in [-0.1, -0.05) is 54.6 Å². The van der Waals surface area contributed by atoms with Crippen molar-refractivity contribution in [2.75, 3.05) is 19.4 Å². The molecular formula is C19H21N5OS. The van der Waals surface area contributed by atoms with Crippen LogP contribution in [0.2, 0.25) is 0 Å². The number of amides is 2. The molecular weight excluding hydrogens is 346 g/mol. The summed E-state index contributed by atoms with van der Waals surface area (Å²) in [5, 5.41) is 6.04. The molecule has 0 saturated heterocycles. The van der Waals surface area contributed by atoms with Crippen LogP contribution in [-0.4, -0.2) is 34.4 Å². The van der Waals surface area contributed by atoms with E-state index in [0.717, 1.165) is 29.2 Å². The highest BCUT2D eigenvalue weighted by Gasteiger charge is 2.09. The number of nitrogens with zero attached hydrogens (tertiary/aromatic N) is 3. The molecule has 0 radical (unpaired) electrons. The van der Waals surface area contributed by atoms with Gasteiger partial charge in [-0.2, -0.15) is 9.36 Å². The summed E-state index contributed by atoms with van der Waals surface area (Å²) < 4.78 is 4.28. The molecule has 0 fully saturated rings. The smallest absolute Gasteiger partial charge is 0.321 e. The maximum absolute atomic E-state index is 12.1. The summed E-state index contributed by atoms with van der Waals surface area (Å²) in [6.07, 6.45) is 0. The second kappa shape index (κ2) is 8.55. The fourth-order valence-electron chi connectivity index (χ4n) is 2.43. The molecule has 26 heavy (non-hydrogen) atoms. The second-order valence-electron chi connectivity index (χ2n) is 6.15. The van der Waals surface area contributed by atoms with Crippen molar-refractivity contribution in [2.24, 2.45) is 0 Å². The summed E-state index contributed by atoms with van der Waals surface area (Å²) in [5.41, 5.74) is 3.21. The largest absolute Gasteiger partial charge is 0.334 e. The van der Waals surface area contributed by atoms with Gasteiger partial charge in [0.2, 0.25) is 5.13 Å². The monoisotopic (exact) mass is 367 g/mol. The van der Waals surface area contributed by atoms with Crippen LogP contribution >= 0.6 is 11.5 Å². The van der Waals surface area contributed by atoms with Gasteiger partial charge in [-0.15, -0.1) is 0 Å². The van der Waals surface area contributed by atoms with E-state index >= 15 is 0 Å². The first kappa shape index (κ1) is 18.0. The zero-order chi connectivity index (χ0) is 18.4. The third-order valence-corrected chi connectivity index (χ3v) is 4.28. The highest BCUT2D eigenvalue weighted by Crippen LogP contribution is 2.20. The Morgan fingerprint density at radius 3 is 2.42 bits per heavy atom. The van der Waals surface area contributed by atoms with Crippen molar-refractivity contribution in [2.45, 2.75) is 13.1 Å². The summed E-state index contributed by atoms with van der Waals surface area (Å²) in [6.45, 7) is 1.35. The number of rotatable bonds is 6. The van der Waals surface area contributed by atoms with E-state index < -0.39 is 0 Å². The Hall–Kier alpha value is -2.77. The van der Waals surface area contributed by atoms with Crippen LogP contribution in [0, 0.1) is 0 Å². The number of anilines is 1. The van der Waals surface area contributed by atoms with Crippen LogP contribution in [0.5, 0.6) is 0 Å². The predicted molar refractivity (Wildman–Crippen MR) is 105 cm³/mol. The first-order chi connectivity index (χ1) is 12.6. The van der Waals surface area contributed by atoms with Gasteiger partial charge in [0.1, 0.15) is 0 Å². The number of aromatic nitrogens is 2. The number of urea groups is 1. The fraction of sp³-hybridized carbons (Fsp3) is 0.211. The summed E-state index contributed by atoms with van der Waals surface area (Å²) in [7, 11) is 4.08. The molecule has 2 amide bonds. The van der Waals surface area contributed by atoms with E-state index in [1.54, 1.807) is 0 Å². The number of benzene rings is 2. The molecule has 0 aliphatic rings. The van der Waals surface area contributed by atoms with E-state index in [9.17, 15) is 4.79 Å². The molecule has 0 aliphatic heterocycles. The number of carbonyl (C=O) groups is 1. The van der Waals surface area contributed by atoms with E-state index in [-0.39, 0.29) is 6.03 Å². The minimum absolute atomic E-state index is 0.293. The molecule has 3 rings (SSSR count). The average molecular weight is 367 g/mol. The van der Waals surface area contributed by atoms with Crippen molar-refractivity contribution in [3.05, 3.63) is 65.7 Å². The van der Waals surface area contributed by atoms with Crippen LogP contribution in [0.4, 0.5) is 9.93 Å². The van der Waals surface area contributed by atoms with Gasteiger partial charge in [-0.05, 0) is 25.2 Å². The third-order valence-electron chi connectivity index (χ3n) is 3.65. The lowest BCUT2D eigenvalue weighted by Crippen LogP contribution is -2.28. The highest BCUT2D eigenvalue weighted by atomic mass is 32.1. The van der Waals surface area contributed by atoms with Crippen LogP contribution < -0.4 is 10.6 Å². The lowest BCUT2D eigenvalue weighted by molar-refractivity contribution is 0.251. The molecule has 0 saturated carbocycles. The van der Waals surface area contributed by atoms with E-state index in [1.165, 1.54) is 5.56 Å². The standard InChI is InChI=1S/C19H21N5OS/c1-24(2)13-15-10-8-14(9-11-15)12-20-18(25)22-19-21-17(23-26-19)16-6-4-3-5-7-16/h3-11H,12-13H2,1-2H3,(H2,20,21,22,23,25). The lowest BCUT2D eigenvalue weighted by Gasteiger charge is -2.10. The SMILES string of the molecule is CN(C)Cc1ccc(CNC(=O)Nc2nc(-c3ccccc3)ns2)cc1. The number of hydrogen-bond acceptors (Lipinski definition) is 5. The molecule has 134 valence electrons. The Kier molecular flexibility index (Phi) is 5.93. The maximum atomic E-state index is 12.1. The van der Waals surface area contributed by atoms with Gasteiger partial charge >= 0.3 is 6.03 Å². The van der Waals surface area contributed by atoms with E-state index in [4.69, 9.17) is 0 Å². The van der Waals surface area contributed by atoms with Crippen LogP contribution in [0.3, 0.4) is 0 Å². The van der Waals surface area contributed by atoms with Crippen molar-refractivity contribution in [1.82, 2.24) is 19.6 Å². The zero-order valence-corrected chi connectivity index (χ0v) is 15.6. The minimum atomic E-state index is -0.293. The number of nitrogens with one attached hydrogen (secondary N) is 2. The number of hydrogen-bond donors (Lipinski definition) is 2. The first-order valence-corrected chi connectivity index (χ1v) is 9.04. The Morgan fingerprint density at radius 1 is 1.04 bits per heavy atom. The fourth-order valence-corrected chi connectivity index (χ4v) is 3.01. The second-order valence-corrected chi connectivity index (χ2v) is 6.90. The van der Waals surface area contributed by atoms with Gasteiger partial charge in [0.05, 0.1) is 0 Å². The summed E-state index contributed by atoms with van der Waals surface area (Å²) in [6, 6.07) is 17.6. The maximum Gasteiger partial charge on any atom is 0.321 e. The molecule has 7 heteroatoms. The van der Waals surface area contributed by atoms with Crippen molar-refractivity contribution in [3.63, 3.8) is 0 Å². The molecule has 0 unspecified atom stereocenters. The van der Waals surface area contributed by atoms with Crippen molar-refractivity contribution >= 4 is 22.7 Å². The Morgan fingerprint density at radius 2 is 1.73 bits per heavy atom. The summed E-state index contributed by atoms with van der Waals surface area (Å²) >= 11 is 1.16. The molecule has 1 aromatic heterocycles. The topological polar surface area (TPSA) is 70.2 Å². The van der Waals surface area contributed by atoms with E-state index in [1.807, 2.05) is 56.6 Å². The van der Waals surface area contributed by atoms with Gasteiger partial charge in [-0.25, -0.2) is 4.79 Å². The molecule has 0 atom stereocenters. The van der Waals surface area contributed by atoms with Crippen LogP contribution in [0.1, 0.15) is 11.1 Å². The van der Waals surface area contributed by atoms with Crippen LogP contribution in [0.25, 0.3) is 11.4 Å². The lowest BCUT2D eigenvalue weighted by atomic mass is 10.1. The van der Waals surface area contributed by atoms with Gasteiger partial charge < -0.3 is 10.2 Å². The highest BCUT2D eigenvalue weighted by molar-refractivity contribution is 7.10. The van der Waals surface area contributed by atoms with Crippen LogP contribution in [-0.2, 0) is 13.1 Å². The molecule has 0 spiro atoms. The van der Waals surface area contributed by atoms with Gasteiger partial charge in [-0.3, -0.25) is 5.32 Å². The molecule has 3 aromatic rings. The third kappa shape index (κ3) is 5.11. The quantitative estimate of drug-likeness (QED) is 0.698. The zero-order valence-electron chi connectivity index (χ0n) is 14.8. The molecule has 1 heterocycles. The first-order valence-electron chi connectivity index (χ1n) is 8.27. The molecule has 0 aliphatic carbocycles. The molecule has 0 bridgehead atoms. The molecule has 2 aromatic carbocycles. The number of carbonyl (C=O) groups excluding carboxylic acids is 1. The molecule has 2 N–H and O–H groups in total. The van der Waals surface area contributed by atoms with Gasteiger partial charge in [0, 0.05) is 30.2 Å². The molecule has 6 nitrogen and oxygen atoms in total. The van der Waals surface area contributed by atoms with Crippen molar-refractivity contribution in [3.8, 4) is 11.4 Å². The summed E-state index contributed by atoms with van der Waals surface area (Å²) in [5.74, 6) is 0.613. The minimum Gasteiger partial charge on any atom is -0.334 e. The summed E-state index contributed by atoms with van der Waals surface area (Å²) in [4.78, 5) is 18.5. The Labute approximate surface area is 157 Å². The van der Waals surface area contributed by atoms with E-state index in [0.29, 0.717) is 17.5 Å². The van der Waals surface area contributed by atoms with Crippen molar-refractivity contribution in [1.29, 1.82) is 0 Å².